The molecule has 0 aliphatic heterocycles. The molecule has 158 valence electrons. The van der Waals surface area contributed by atoms with E-state index in [1.165, 1.54) is 37.3 Å². The molecular formula is C22H24FN3O4. The molecule has 0 saturated carbocycles. The number of benzene rings is 2. The molecule has 0 radical (unpaired) electrons. The van der Waals surface area contributed by atoms with Crippen LogP contribution in [-0.4, -0.2) is 50.0 Å². The molecule has 2 aromatic carbocycles. The van der Waals surface area contributed by atoms with Crippen molar-refractivity contribution in [1.29, 1.82) is 0 Å². The molecule has 0 aliphatic rings. The summed E-state index contributed by atoms with van der Waals surface area (Å²) in [5.74, 6) is -0.251. The lowest BCUT2D eigenvalue weighted by molar-refractivity contribution is -0.115. The normalized spacial score (nSPS) is 10.7. The number of rotatable bonds is 6. The number of H-pyrrole nitrogens is 1. The van der Waals surface area contributed by atoms with Crippen LogP contribution in [0.1, 0.15) is 21.6 Å². The molecule has 0 atom stereocenters. The van der Waals surface area contributed by atoms with Gasteiger partial charge >= 0.3 is 0 Å². The zero-order valence-corrected chi connectivity index (χ0v) is 17.6. The number of nitrogens with one attached hydrogen (secondary N) is 2. The molecule has 0 unspecified atom stereocenters. The lowest BCUT2D eigenvalue weighted by atomic mass is 10.1. The van der Waals surface area contributed by atoms with Gasteiger partial charge in [0, 0.05) is 36.8 Å². The quantitative estimate of drug-likeness (QED) is 0.648. The maximum atomic E-state index is 13.7. The van der Waals surface area contributed by atoms with Gasteiger partial charge in [0.1, 0.15) is 5.82 Å². The van der Waals surface area contributed by atoms with Crippen LogP contribution in [0.2, 0.25) is 0 Å². The van der Waals surface area contributed by atoms with Gasteiger partial charge in [0.25, 0.3) is 5.91 Å². The van der Waals surface area contributed by atoms with Crippen LogP contribution in [-0.2, 0) is 11.2 Å². The summed E-state index contributed by atoms with van der Waals surface area (Å²) < 4.78 is 24.3. The maximum Gasteiger partial charge on any atom is 0.255 e. The Kier molecular flexibility index (Phi) is 5.96. The third-order valence-electron chi connectivity index (χ3n) is 4.85. The molecule has 0 saturated heterocycles. The molecule has 1 heterocycles. The van der Waals surface area contributed by atoms with Crippen molar-refractivity contribution in [2.45, 2.75) is 13.3 Å². The lowest BCUT2D eigenvalue weighted by Crippen LogP contribution is -2.24. The molecule has 3 rings (SSSR count). The number of ether oxygens (including phenoxy) is 2. The summed E-state index contributed by atoms with van der Waals surface area (Å²) in [7, 11) is 6.18. The number of amides is 2. The fourth-order valence-corrected chi connectivity index (χ4v) is 3.34. The molecule has 7 nitrogen and oxygen atoms in total. The van der Waals surface area contributed by atoms with Crippen molar-refractivity contribution < 1.29 is 23.5 Å². The van der Waals surface area contributed by atoms with Crippen molar-refractivity contribution in [3.8, 4) is 11.5 Å². The first-order valence-electron chi connectivity index (χ1n) is 9.29. The largest absolute Gasteiger partial charge is 0.493 e. The summed E-state index contributed by atoms with van der Waals surface area (Å²) in [5, 5.41) is 3.44. The minimum atomic E-state index is -0.373. The number of fused-ring (bicyclic) bond motifs is 1. The number of hydrogen-bond acceptors (Lipinski definition) is 4. The third kappa shape index (κ3) is 4.07. The van der Waals surface area contributed by atoms with Crippen LogP contribution >= 0.6 is 0 Å². The Bertz CT molecular complexity index is 1120. The molecule has 1 aromatic heterocycles. The molecule has 0 aliphatic carbocycles. The smallest absolute Gasteiger partial charge is 0.255 e. The minimum absolute atomic E-state index is 0.0131. The van der Waals surface area contributed by atoms with Crippen LogP contribution in [0.4, 0.5) is 10.1 Å². The Hall–Kier alpha value is -3.55. The van der Waals surface area contributed by atoms with Crippen molar-refractivity contribution in [3.05, 3.63) is 53.0 Å². The van der Waals surface area contributed by atoms with Crippen molar-refractivity contribution in [2.75, 3.05) is 33.6 Å². The summed E-state index contributed by atoms with van der Waals surface area (Å²) in [4.78, 5) is 30.0. The van der Waals surface area contributed by atoms with Gasteiger partial charge in [-0.3, -0.25) is 9.59 Å². The molecule has 2 N–H and O–H groups in total. The fourth-order valence-electron chi connectivity index (χ4n) is 3.34. The Morgan fingerprint density at radius 2 is 1.77 bits per heavy atom. The Morgan fingerprint density at radius 3 is 2.40 bits per heavy atom. The average molecular weight is 413 g/mol. The summed E-state index contributed by atoms with van der Waals surface area (Å²) >= 11 is 0. The van der Waals surface area contributed by atoms with Gasteiger partial charge in [-0.25, -0.2) is 4.39 Å². The van der Waals surface area contributed by atoms with Crippen molar-refractivity contribution >= 4 is 28.4 Å². The van der Waals surface area contributed by atoms with Gasteiger partial charge in [-0.2, -0.15) is 0 Å². The van der Waals surface area contributed by atoms with Crippen LogP contribution in [0.25, 0.3) is 10.9 Å². The van der Waals surface area contributed by atoms with E-state index in [-0.39, 0.29) is 29.6 Å². The van der Waals surface area contributed by atoms with Crippen LogP contribution in [0.3, 0.4) is 0 Å². The summed E-state index contributed by atoms with van der Waals surface area (Å²) in [5.41, 5.74) is 2.81. The van der Waals surface area contributed by atoms with Gasteiger partial charge in [-0.1, -0.05) is 0 Å². The fraction of sp³-hybridized carbons (Fsp3) is 0.273. The van der Waals surface area contributed by atoms with Crippen LogP contribution in [0.15, 0.2) is 30.3 Å². The van der Waals surface area contributed by atoms with E-state index in [0.717, 1.165) is 11.2 Å². The van der Waals surface area contributed by atoms with Gasteiger partial charge in [-0.15, -0.1) is 0 Å². The van der Waals surface area contributed by atoms with Crippen molar-refractivity contribution in [2.24, 2.45) is 0 Å². The molecule has 8 heteroatoms. The zero-order chi connectivity index (χ0) is 22.0. The topological polar surface area (TPSA) is 83.7 Å². The average Bonchev–Trinajstić information content (AvgIpc) is 3.01. The van der Waals surface area contributed by atoms with E-state index in [4.69, 9.17) is 9.47 Å². The van der Waals surface area contributed by atoms with E-state index >= 15 is 0 Å². The first kappa shape index (κ1) is 21.2. The van der Waals surface area contributed by atoms with E-state index in [2.05, 4.69) is 10.3 Å². The molecular weight excluding hydrogens is 389 g/mol. The molecule has 3 aromatic rings. The van der Waals surface area contributed by atoms with E-state index < -0.39 is 0 Å². The highest BCUT2D eigenvalue weighted by Gasteiger charge is 2.21. The first-order valence-corrected chi connectivity index (χ1v) is 9.29. The Balaban J connectivity index is 1.96. The molecule has 0 bridgehead atoms. The van der Waals surface area contributed by atoms with Crippen LogP contribution < -0.4 is 14.8 Å². The standard InChI is InChI=1S/C22H24FN3O4/c1-12-14(15-8-13(23)6-7-17(15)24-12)10-21(27)25-18-11-20(30-5)19(29-4)9-16(18)22(28)26(2)3/h6-9,11,24H,10H2,1-5H3,(H,25,27). The van der Waals surface area contributed by atoms with Gasteiger partial charge in [-0.05, 0) is 36.8 Å². The molecule has 0 fully saturated rings. The lowest BCUT2D eigenvalue weighted by Gasteiger charge is -2.18. The van der Waals surface area contributed by atoms with Gasteiger partial charge in [0.2, 0.25) is 5.91 Å². The number of anilines is 1. The number of methoxy groups -OCH3 is 2. The highest BCUT2D eigenvalue weighted by Crippen LogP contribution is 2.34. The number of aryl methyl sites for hydroxylation is 1. The monoisotopic (exact) mass is 413 g/mol. The maximum absolute atomic E-state index is 13.7. The predicted molar refractivity (Wildman–Crippen MR) is 113 cm³/mol. The second-order valence-corrected chi connectivity index (χ2v) is 7.10. The Labute approximate surface area is 173 Å². The summed E-state index contributed by atoms with van der Waals surface area (Å²) in [6, 6.07) is 7.49. The zero-order valence-electron chi connectivity index (χ0n) is 17.6. The number of halogens is 1. The molecule has 30 heavy (non-hydrogen) atoms. The highest BCUT2D eigenvalue weighted by molar-refractivity contribution is 6.05. The van der Waals surface area contributed by atoms with Gasteiger partial charge < -0.3 is 24.7 Å². The Morgan fingerprint density at radius 1 is 1.10 bits per heavy atom. The van der Waals surface area contributed by atoms with E-state index in [1.54, 1.807) is 26.2 Å². The molecule has 0 spiro atoms. The summed E-state index contributed by atoms with van der Waals surface area (Å²) in [6.45, 7) is 1.83. The van der Waals surface area contributed by atoms with Crippen molar-refractivity contribution in [1.82, 2.24) is 9.88 Å². The SMILES string of the molecule is COc1cc(NC(=O)Cc2c(C)[nH]c3ccc(F)cc23)c(C(=O)N(C)C)cc1OC. The summed E-state index contributed by atoms with van der Waals surface area (Å²) in [6.07, 6.45) is 0.0131. The predicted octanol–water partition coefficient (Wildman–Crippen LogP) is 3.52. The highest BCUT2D eigenvalue weighted by atomic mass is 19.1. The number of aromatic amines is 1. The number of aromatic nitrogens is 1. The van der Waals surface area contributed by atoms with E-state index in [1.807, 2.05) is 6.92 Å². The second kappa shape index (κ2) is 8.44. The van der Waals surface area contributed by atoms with E-state index in [0.29, 0.717) is 28.1 Å². The third-order valence-corrected chi connectivity index (χ3v) is 4.85. The van der Waals surface area contributed by atoms with Gasteiger partial charge in [0.15, 0.2) is 11.5 Å². The second-order valence-electron chi connectivity index (χ2n) is 7.10. The number of carbonyl (C=O) groups is 2. The number of nitrogens with zero attached hydrogens (tertiary/aromatic N) is 1. The van der Waals surface area contributed by atoms with Gasteiger partial charge in [0.05, 0.1) is 31.9 Å². The van der Waals surface area contributed by atoms with Crippen LogP contribution in [0.5, 0.6) is 11.5 Å². The minimum Gasteiger partial charge on any atom is -0.493 e. The van der Waals surface area contributed by atoms with Crippen LogP contribution in [0, 0.1) is 12.7 Å². The first-order chi connectivity index (χ1) is 14.2. The van der Waals surface area contributed by atoms with Crippen molar-refractivity contribution in [3.63, 3.8) is 0 Å². The van der Waals surface area contributed by atoms with E-state index in [9.17, 15) is 14.0 Å². The number of hydrogen-bond donors (Lipinski definition) is 2. The molecule has 2 amide bonds. The number of carbonyl (C=O) groups excluding carboxylic acids is 2.